The highest BCUT2D eigenvalue weighted by atomic mass is 35.5. The third-order valence-corrected chi connectivity index (χ3v) is 16.4. The zero-order chi connectivity index (χ0) is 38.9. The molecule has 1 aromatic rings. The predicted octanol–water partition coefficient (Wildman–Crippen LogP) is 9.57. The van der Waals surface area contributed by atoms with E-state index in [0.29, 0.717) is 36.4 Å². The summed E-state index contributed by atoms with van der Waals surface area (Å²) < 4.78 is 6.26. The summed E-state index contributed by atoms with van der Waals surface area (Å²) in [5.41, 5.74) is 2.14. The Labute approximate surface area is 323 Å². The van der Waals surface area contributed by atoms with E-state index in [2.05, 4.69) is 53.8 Å². The molecule has 0 aromatic heterocycles. The average Bonchev–Trinajstić information content (AvgIpc) is 3.36. The van der Waals surface area contributed by atoms with E-state index in [1.54, 1.807) is 0 Å². The maximum Gasteiger partial charge on any atom is 0.306 e. The Morgan fingerprint density at radius 2 is 1.60 bits per heavy atom. The van der Waals surface area contributed by atoms with Crippen molar-refractivity contribution in [2.75, 3.05) is 6.54 Å². The molecule has 4 fully saturated rings. The molecule has 9 unspecified atom stereocenters. The fraction of sp³-hybridized carbons (Fsp3) is 0.756. The number of hydrogen-bond donors (Lipinski definition) is 3. The van der Waals surface area contributed by atoms with E-state index in [4.69, 9.17) is 16.3 Å². The number of carbonyl (C=O) groups excluding carboxylic acids is 2. The summed E-state index contributed by atoms with van der Waals surface area (Å²) in [6, 6.07) is 7.80. The number of nitrogens with one attached hydrogen (secondary N) is 1. The van der Waals surface area contributed by atoms with Gasteiger partial charge in [0.25, 0.3) is 0 Å². The van der Waals surface area contributed by atoms with Crippen molar-refractivity contribution in [3.63, 3.8) is 0 Å². The van der Waals surface area contributed by atoms with E-state index >= 15 is 0 Å². The first-order valence-corrected chi connectivity index (χ1v) is 20.8. The maximum absolute atomic E-state index is 14.0. The van der Waals surface area contributed by atoms with Gasteiger partial charge in [0.2, 0.25) is 0 Å². The molecule has 8 heteroatoms. The number of aliphatic hydroxyl groups excluding tert-OH is 1. The Hall–Kier alpha value is -2.22. The highest BCUT2D eigenvalue weighted by Gasteiger charge is 2.70. The number of carboxylic acids is 1. The van der Waals surface area contributed by atoms with Crippen LogP contribution in [0.1, 0.15) is 139 Å². The molecule has 0 spiro atoms. The molecule has 0 aliphatic heterocycles. The molecule has 6 rings (SSSR count). The maximum atomic E-state index is 14.0. The molecule has 4 saturated carbocycles. The number of Topliss-reactive ketones (excluding diaryl/α,β-unsaturated/α-hetero) is 1. The molecule has 294 valence electrons. The normalized spacial score (nSPS) is 37.0. The van der Waals surface area contributed by atoms with Crippen LogP contribution in [0.3, 0.4) is 0 Å². The molecule has 0 radical (unpaired) electrons. The van der Waals surface area contributed by atoms with Gasteiger partial charge in [0, 0.05) is 35.4 Å². The molecule has 0 saturated heterocycles. The number of carboxylic acid groups (broad SMARTS) is 1. The standard InChI is InChI=1S/C45H66ClNO6/c1-27(2)38-31(48)22-45(34(49)26-47-25-28-10-12-29(46)13-11-28)21-20-43(8)30(39(38)45)14-15-33-42(7)18-17-35(41(5,6)32(42)16-19-44(33,43)9)53-37(52)24-40(3,4)23-36(50)51/h10-13,27,30,32-35,47,49H,14-26H2,1-9H3,(H,50,51). The molecule has 5 aliphatic rings. The first-order valence-electron chi connectivity index (χ1n) is 20.4. The smallest absolute Gasteiger partial charge is 0.306 e. The number of allylic oxidation sites excluding steroid dienone is 1. The first-order chi connectivity index (χ1) is 24.6. The number of ether oxygens (including phenoxy) is 1. The molecule has 0 amide bonds. The minimum Gasteiger partial charge on any atom is -0.481 e. The van der Waals surface area contributed by atoms with Crippen molar-refractivity contribution >= 4 is 29.3 Å². The lowest BCUT2D eigenvalue weighted by molar-refractivity contribution is -0.235. The SMILES string of the molecule is CC(C)C1=C2C3CCC4C5(C)CCC(OC(=O)CC(C)(C)CC(=O)O)C(C)(C)C5CCC4(C)C3(C)CCC2(C(O)CNCc2ccc(Cl)cc2)CC1=O. The van der Waals surface area contributed by atoms with E-state index in [0.717, 1.165) is 62.5 Å². The van der Waals surface area contributed by atoms with Gasteiger partial charge in [-0.2, -0.15) is 0 Å². The fourth-order valence-electron chi connectivity index (χ4n) is 13.5. The second-order valence-corrected chi connectivity index (χ2v) is 20.8. The fourth-order valence-corrected chi connectivity index (χ4v) is 13.6. The van der Waals surface area contributed by atoms with Crippen LogP contribution in [-0.4, -0.2) is 46.7 Å². The minimum absolute atomic E-state index is 0.00682. The van der Waals surface area contributed by atoms with Crippen molar-refractivity contribution in [3.05, 3.63) is 46.0 Å². The topological polar surface area (TPSA) is 113 Å². The van der Waals surface area contributed by atoms with Crippen LogP contribution >= 0.6 is 11.6 Å². The Morgan fingerprint density at radius 3 is 2.25 bits per heavy atom. The van der Waals surface area contributed by atoms with Gasteiger partial charge in [-0.05, 0) is 120 Å². The summed E-state index contributed by atoms with van der Waals surface area (Å²) in [7, 11) is 0. The van der Waals surface area contributed by atoms with E-state index in [9.17, 15) is 24.6 Å². The molecule has 1 aromatic carbocycles. The number of halogens is 1. The summed E-state index contributed by atoms with van der Waals surface area (Å²) in [4.78, 5) is 38.7. The van der Waals surface area contributed by atoms with E-state index in [1.165, 1.54) is 5.57 Å². The Bertz CT molecular complexity index is 1630. The van der Waals surface area contributed by atoms with Gasteiger partial charge in [0.15, 0.2) is 5.78 Å². The van der Waals surface area contributed by atoms with E-state index in [1.807, 2.05) is 38.1 Å². The molecule has 9 atom stereocenters. The lowest BCUT2D eigenvalue weighted by Crippen LogP contribution is -2.66. The highest BCUT2D eigenvalue weighted by molar-refractivity contribution is 6.30. The predicted molar refractivity (Wildman–Crippen MR) is 209 cm³/mol. The Balaban J connectivity index is 1.24. The first kappa shape index (κ1) is 40.4. The van der Waals surface area contributed by atoms with Crippen LogP contribution < -0.4 is 5.32 Å². The van der Waals surface area contributed by atoms with Gasteiger partial charge in [-0.1, -0.05) is 91.6 Å². The van der Waals surface area contributed by atoms with Crippen LogP contribution in [-0.2, 0) is 25.7 Å². The Morgan fingerprint density at radius 1 is 0.925 bits per heavy atom. The third kappa shape index (κ3) is 6.75. The number of esters is 1. The van der Waals surface area contributed by atoms with E-state index < -0.39 is 22.9 Å². The van der Waals surface area contributed by atoms with Gasteiger partial charge < -0.3 is 20.3 Å². The quantitative estimate of drug-likeness (QED) is 0.193. The largest absolute Gasteiger partial charge is 0.481 e. The van der Waals surface area contributed by atoms with Crippen molar-refractivity contribution in [3.8, 4) is 0 Å². The average molecular weight is 752 g/mol. The number of benzene rings is 1. The summed E-state index contributed by atoms with van der Waals surface area (Å²) in [5.74, 6) is 0.305. The summed E-state index contributed by atoms with van der Waals surface area (Å²) in [5, 5.41) is 25.7. The molecule has 3 N–H and O–H groups in total. The van der Waals surface area contributed by atoms with Crippen LogP contribution in [0.4, 0.5) is 0 Å². The van der Waals surface area contributed by atoms with E-state index in [-0.39, 0.29) is 64.2 Å². The number of fused-ring (bicyclic) bond motifs is 7. The summed E-state index contributed by atoms with van der Waals surface area (Å²) in [6.07, 6.45) is 7.51. The molecular formula is C45H66ClNO6. The number of rotatable bonds is 11. The second-order valence-electron chi connectivity index (χ2n) is 20.4. The van der Waals surface area contributed by atoms with Gasteiger partial charge in [-0.25, -0.2) is 0 Å². The number of aliphatic hydroxyl groups is 1. The number of ketones is 1. The second kappa shape index (κ2) is 14.1. The zero-order valence-corrected chi connectivity index (χ0v) is 34.6. The lowest BCUT2D eigenvalue weighted by Gasteiger charge is -2.72. The van der Waals surface area contributed by atoms with Crippen LogP contribution in [0.2, 0.25) is 5.02 Å². The Kier molecular flexibility index (Phi) is 10.7. The minimum atomic E-state index is -0.899. The van der Waals surface area contributed by atoms with Gasteiger partial charge in [0.1, 0.15) is 6.10 Å². The van der Waals surface area contributed by atoms with Crippen LogP contribution in [0.5, 0.6) is 0 Å². The van der Waals surface area contributed by atoms with Gasteiger partial charge in [-0.3, -0.25) is 14.4 Å². The highest BCUT2D eigenvalue weighted by Crippen LogP contribution is 2.77. The number of aliphatic carboxylic acids is 1. The lowest BCUT2D eigenvalue weighted by atomic mass is 9.33. The summed E-state index contributed by atoms with van der Waals surface area (Å²) >= 11 is 6.11. The van der Waals surface area contributed by atoms with Crippen molar-refractivity contribution in [1.82, 2.24) is 5.32 Å². The molecular weight excluding hydrogens is 686 g/mol. The van der Waals surface area contributed by atoms with Crippen LogP contribution in [0, 0.1) is 56.2 Å². The number of hydrogen-bond acceptors (Lipinski definition) is 6. The van der Waals surface area contributed by atoms with Crippen molar-refractivity contribution in [2.24, 2.45) is 56.2 Å². The monoisotopic (exact) mass is 751 g/mol. The number of carbonyl (C=O) groups is 3. The molecule has 53 heavy (non-hydrogen) atoms. The van der Waals surface area contributed by atoms with Gasteiger partial charge >= 0.3 is 11.9 Å². The van der Waals surface area contributed by atoms with Crippen LogP contribution in [0.15, 0.2) is 35.4 Å². The molecule has 7 nitrogen and oxygen atoms in total. The molecule has 0 heterocycles. The molecule has 0 bridgehead atoms. The van der Waals surface area contributed by atoms with Crippen molar-refractivity contribution < 1.29 is 29.3 Å². The van der Waals surface area contributed by atoms with Gasteiger partial charge in [-0.15, -0.1) is 0 Å². The molecule has 5 aliphatic carbocycles. The summed E-state index contributed by atoms with van der Waals surface area (Å²) in [6.45, 7) is 21.3. The third-order valence-electron chi connectivity index (χ3n) is 16.2. The van der Waals surface area contributed by atoms with Crippen LogP contribution in [0.25, 0.3) is 0 Å². The van der Waals surface area contributed by atoms with Gasteiger partial charge in [0.05, 0.1) is 18.9 Å². The van der Waals surface area contributed by atoms with Crippen molar-refractivity contribution in [2.45, 2.75) is 152 Å². The van der Waals surface area contributed by atoms with Crippen molar-refractivity contribution in [1.29, 1.82) is 0 Å². The zero-order valence-electron chi connectivity index (χ0n) is 33.9.